The van der Waals surface area contributed by atoms with Gasteiger partial charge in [0.15, 0.2) is 16.3 Å². The number of carbonyl (C=O) groups excluding carboxylic acids is 2. The van der Waals surface area contributed by atoms with E-state index < -0.39 is 18.0 Å². The quantitative estimate of drug-likeness (QED) is 0.148. The zero-order chi connectivity index (χ0) is 32.8. The molecule has 0 bridgehead atoms. The molecule has 0 fully saturated rings. The Bertz CT molecular complexity index is 1970. The van der Waals surface area contributed by atoms with E-state index in [-0.39, 0.29) is 24.3 Å². The summed E-state index contributed by atoms with van der Waals surface area (Å²) in [6, 6.07) is 15.1. The number of hydrogen-bond donors (Lipinski definition) is 0. The standard InChI is InChI=1S/C35H36N2O8S/c1-6-9-17-44-27-15-13-23(19-28(27)41-5)31-30(34(40)43-8-3)21(4)36-35-37(31)32(38)29(46-35)20-25-14-16-26(45-25)22-11-10-12-24(18-22)33(39)42-7-2/h10-16,18-20,31H,6-9,17H2,1-5H3/b29-20+/t31-/m0/s1. The Hall–Kier alpha value is -4.90. The van der Waals surface area contributed by atoms with Gasteiger partial charge in [-0.2, -0.15) is 0 Å². The molecule has 46 heavy (non-hydrogen) atoms. The molecule has 2 aromatic heterocycles. The van der Waals surface area contributed by atoms with Crippen molar-refractivity contribution in [3.05, 3.63) is 102 Å². The Morgan fingerprint density at radius 3 is 2.52 bits per heavy atom. The number of fused-ring (bicyclic) bond motifs is 1. The van der Waals surface area contributed by atoms with Crippen molar-refractivity contribution in [2.75, 3.05) is 26.9 Å². The molecule has 5 rings (SSSR count). The Morgan fingerprint density at radius 2 is 1.78 bits per heavy atom. The maximum atomic E-state index is 14.0. The fraction of sp³-hybridized carbons (Fsp3) is 0.314. The van der Waals surface area contributed by atoms with Crippen LogP contribution in [0.4, 0.5) is 0 Å². The molecular formula is C35H36N2O8S. The molecule has 0 radical (unpaired) electrons. The first-order valence-electron chi connectivity index (χ1n) is 15.2. The average Bonchev–Trinajstić information content (AvgIpc) is 3.64. The topological polar surface area (TPSA) is 119 Å². The van der Waals surface area contributed by atoms with Crippen LogP contribution in [0.3, 0.4) is 0 Å². The van der Waals surface area contributed by atoms with E-state index in [4.69, 9.17) is 23.4 Å². The van der Waals surface area contributed by atoms with Gasteiger partial charge in [-0.25, -0.2) is 14.6 Å². The molecule has 240 valence electrons. The van der Waals surface area contributed by atoms with E-state index in [9.17, 15) is 14.4 Å². The first-order valence-corrected chi connectivity index (χ1v) is 16.0. The summed E-state index contributed by atoms with van der Waals surface area (Å²) >= 11 is 1.19. The Balaban J connectivity index is 1.57. The van der Waals surface area contributed by atoms with Gasteiger partial charge < -0.3 is 23.4 Å². The zero-order valence-corrected chi connectivity index (χ0v) is 27.3. The summed E-state index contributed by atoms with van der Waals surface area (Å²) in [5.74, 6) is 1.06. The number of unbranched alkanes of at least 4 members (excludes halogenated alkanes) is 1. The second kappa shape index (κ2) is 14.5. The van der Waals surface area contributed by atoms with Gasteiger partial charge in [-0.3, -0.25) is 9.36 Å². The highest BCUT2D eigenvalue weighted by atomic mass is 32.1. The minimum atomic E-state index is -0.811. The van der Waals surface area contributed by atoms with Crippen molar-refractivity contribution in [2.24, 2.45) is 4.99 Å². The Kier molecular flexibility index (Phi) is 10.2. The maximum Gasteiger partial charge on any atom is 0.338 e. The van der Waals surface area contributed by atoms with Crippen LogP contribution < -0.4 is 24.4 Å². The van der Waals surface area contributed by atoms with E-state index >= 15 is 0 Å². The molecule has 10 nitrogen and oxygen atoms in total. The molecule has 0 unspecified atom stereocenters. The van der Waals surface area contributed by atoms with Crippen LogP contribution in [0.1, 0.15) is 68.3 Å². The highest BCUT2D eigenvalue weighted by molar-refractivity contribution is 7.07. The lowest BCUT2D eigenvalue weighted by Gasteiger charge is -2.25. The van der Waals surface area contributed by atoms with Crippen LogP contribution >= 0.6 is 11.3 Å². The van der Waals surface area contributed by atoms with Crippen LogP contribution in [0, 0.1) is 0 Å². The summed E-state index contributed by atoms with van der Waals surface area (Å²) in [5.41, 5.74) is 2.14. The third-order valence-corrected chi connectivity index (χ3v) is 8.32. The highest BCUT2D eigenvalue weighted by Gasteiger charge is 2.34. The summed E-state index contributed by atoms with van der Waals surface area (Å²) in [7, 11) is 1.55. The first-order chi connectivity index (χ1) is 22.3. The van der Waals surface area contributed by atoms with Crippen molar-refractivity contribution >= 4 is 29.4 Å². The molecule has 0 saturated heterocycles. The molecule has 1 aliphatic rings. The molecule has 4 aromatic rings. The van der Waals surface area contributed by atoms with Crippen LogP contribution in [-0.2, 0) is 14.3 Å². The SMILES string of the molecule is CCCCOc1ccc([C@H]2C(C(=O)OCC)=C(C)N=c3s/c(=C/c4ccc(-c5cccc(C(=O)OCC)c5)o4)c(=O)n32)cc1OC. The van der Waals surface area contributed by atoms with Crippen molar-refractivity contribution < 1.29 is 33.0 Å². The lowest BCUT2D eigenvalue weighted by atomic mass is 9.95. The van der Waals surface area contributed by atoms with Crippen LogP contribution in [0.25, 0.3) is 17.4 Å². The van der Waals surface area contributed by atoms with E-state index in [2.05, 4.69) is 11.9 Å². The van der Waals surface area contributed by atoms with Crippen molar-refractivity contribution in [2.45, 2.75) is 46.6 Å². The summed E-state index contributed by atoms with van der Waals surface area (Å²) in [6.07, 6.45) is 3.53. The Morgan fingerprint density at radius 1 is 1.00 bits per heavy atom. The largest absolute Gasteiger partial charge is 0.493 e. The second-order valence-corrected chi connectivity index (χ2v) is 11.4. The van der Waals surface area contributed by atoms with E-state index in [0.29, 0.717) is 61.3 Å². The molecule has 0 spiro atoms. The van der Waals surface area contributed by atoms with E-state index in [0.717, 1.165) is 12.8 Å². The number of benzene rings is 2. The molecule has 11 heteroatoms. The van der Waals surface area contributed by atoms with Crippen LogP contribution in [0.2, 0.25) is 0 Å². The van der Waals surface area contributed by atoms with E-state index in [1.807, 2.05) is 12.1 Å². The molecule has 0 saturated carbocycles. The summed E-state index contributed by atoms with van der Waals surface area (Å²) in [4.78, 5) is 44.6. The first kappa shape index (κ1) is 32.5. The third-order valence-electron chi connectivity index (χ3n) is 7.33. The number of carbonyl (C=O) groups is 2. The number of methoxy groups -OCH3 is 1. The van der Waals surface area contributed by atoms with E-state index in [1.165, 1.54) is 15.9 Å². The minimum Gasteiger partial charge on any atom is -0.493 e. The van der Waals surface area contributed by atoms with Crippen LogP contribution in [0.15, 0.2) is 80.1 Å². The number of nitrogens with zero attached hydrogens (tertiary/aromatic N) is 2. The van der Waals surface area contributed by atoms with Crippen molar-refractivity contribution in [1.29, 1.82) is 0 Å². The number of esters is 2. The number of furan rings is 1. The maximum absolute atomic E-state index is 14.0. The average molecular weight is 645 g/mol. The number of allylic oxidation sites excluding steroid dienone is 1. The van der Waals surface area contributed by atoms with Gasteiger partial charge in [-0.05, 0) is 69.2 Å². The third kappa shape index (κ3) is 6.69. The van der Waals surface area contributed by atoms with Crippen LogP contribution in [0.5, 0.6) is 11.5 Å². The molecule has 2 aromatic carbocycles. The summed E-state index contributed by atoms with van der Waals surface area (Å²) in [6.45, 7) is 8.29. The molecule has 0 aliphatic carbocycles. The molecule has 1 atom stereocenters. The number of aromatic nitrogens is 1. The number of thiazole rings is 1. The summed E-state index contributed by atoms with van der Waals surface area (Å²) < 4.78 is 30.0. The second-order valence-electron chi connectivity index (χ2n) is 10.4. The normalized spacial score (nSPS) is 14.5. The van der Waals surface area contributed by atoms with Gasteiger partial charge in [0.2, 0.25) is 0 Å². The predicted octanol–water partition coefficient (Wildman–Crippen LogP) is 5.42. The van der Waals surface area contributed by atoms with Gasteiger partial charge in [0.25, 0.3) is 5.56 Å². The lowest BCUT2D eigenvalue weighted by molar-refractivity contribution is -0.139. The van der Waals surface area contributed by atoms with Crippen molar-refractivity contribution in [3.8, 4) is 22.8 Å². The van der Waals surface area contributed by atoms with E-state index in [1.54, 1.807) is 76.4 Å². The fourth-order valence-corrected chi connectivity index (χ4v) is 6.16. The van der Waals surface area contributed by atoms with Gasteiger partial charge in [0.1, 0.15) is 11.5 Å². The Labute approximate surface area is 270 Å². The number of ether oxygens (including phenoxy) is 4. The van der Waals surface area contributed by atoms with Gasteiger partial charge in [-0.15, -0.1) is 0 Å². The highest BCUT2D eigenvalue weighted by Crippen LogP contribution is 2.36. The smallest absolute Gasteiger partial charge is 0.338 e. The zero-order valence-electron chi connectivity index (χ0n) is 26.5. The molecular weight excluding hydrogens is 608 g/mol. The van der Waals surface area contributed by atoms with Crippen molar-refractivity contribution in [1.82, 2.24) is 4.57 Å². The lowest BCUT2D eigenvalue weighted by Crippen LogP contribution is -2.39. The van der Waals surface area contributed by atoms with Gasteiger partial charge in [-0.1, -0.05) is 42.9 Å². The molecule has 0 amide bonds. The number of rotatable bonds is 12. The molecule has 0 N–H and O–H groups in total. The van der Waals surface area contributed by atoms with Gasteiger partial charge in [0.05, 0.1) is 54.3 Å². The fourth-order valence-electron chi connectivity index (χ4n) is 5.14. The van der Waals surface area contributed by atoms with Gasteiger partial charge >= 0.3 is 11.9 Å². The van der Waals surface area contributed by atoms with Crippen LogP contribution in [-0.4, -0.2) is 43.4 Å². The minimum absolute atomic E-state index is 0.170. The monoisotopic (exact) mass is 644 g/mol. The number of hydrogen-bond acceptors (Lipinski definition) is 10. The molecule has 1 aliphatic heterocycles. The summed E-state index contributed by atoms with van der Waals surface area (Å²) in [5, 5.41) is 0. The van der Waals surface area contributed by atoms with Gasteiger partial charge in [0, 0.05) is 11.6 Å². The molecule has 3 heterocycles. The predicted molar refractivity (Wildman–Crippen MR) is 174 cm³/mol. The van der Waals surface area contributed by atoms with Crippen molar-refractivity contribution in [3.63, 3.8) is 0 Å².